The van der Waals surface area contributed by atoms with Gasteiger partial charge in [0.05, 0.1) is 0 Å². The molecule has 0 aromatic rings. The maximum atomic E-state index is 8.82. The summed E-state index contributed by atoms with van der Waals surface area (Å²) in [6, 6.07) is 0. The molecule has 0 aromatic heterocycles. The van der Waals surface area contributed by atoms with Crippen LogP contribution in [0.1, 0.15) is 0 Å². The van der Waals surface area contributed by atoms with E-state index in [0.717, 1.165) is 0 Å². The molecular formula is H16O11Se. The first kappa shape index (κ1) is 96.3. The summed E-state index contributed by atoms with van der Waals surface area (Å²) in [5.74, 6) is 0. The third-order valence-electron chi connectivity index (χ3n) is 0. The first-order chi connectivity index (χ1) is 2.00. The van der Waals surface area contributed by atoms with Crippen LogP contribution in [0, 0.1) is 0 Å². The van der Waals surface area contributed by atoms with Crippen molar-refractivity contribution in [2.45, 2.75) is 0 Å². The summed E-state index contributed by atoms with van der Waals surface area (Å²) in [4.78, 5) is 0. The van der Waals surface area contributed by atoms with Gasteiger partial charge in [0, 0.05) is 0 Å². The van der Waals surface area contributed by atoms with Crippen LogP contribution in [0.2, 0.25) is 0 Å². The molecule has 12 heavy (non-hydrogen) atoms. The van der Waals surface area contributed by atoms with E-state index in [2.05, 4.69) is 0 Å². The molecule has 0 bridgehead atoms. The van der Waals surface area contributed by atoms with Gasteiger partial charge in [0.25, 0.3) is 0 Å². The van der Waals surface area contributed by atoms with Gasteiger partial charge in [-0.3, -0.25) is 0 Å². The normalized spacial score (nSPS) is 4.83. The summed E-state index contributed by atoms with van der Waals surface area (Å²) in [5, 5.41) is 0. The molecular weight excluding hydrogens is 255 g/mol. The molecule has 0 aliphatic carbocycles. The topological polar surface area (TPSA) is 295 Å². The third kappa shape index (κ3) is 12900. The van der Waals surface area contributed by atoms with Crippen LogP contribution in [0.15, 0.2) is 0 Å². The molecule has 0 aliphatic rings. The summed E-state index contributed by atoms with van der Waals surface area (Å²) >= 11 is -5.25. The molecule has 0 aliphatic heterocycles. The van der Waals surface area contributed by atoms with Crippen molar-refractivity contribution >= 4 is 13.4 Å². The monoisotopic (exact) mass is 272 g/mol. The molecule has 0 heterocycles. The van der Waals surface area contributed by atoms with E-state index in [1.807, 2.05) is 0 Å². The second-order valence-electron chi connectivity index (χ2n) is 0.448. The molecule has 0 aromatic carbocycles. The first-order valence-electron chi connectivity index (χ1n) is 0.698. The van der Waals surface area contributed by atoms with Crippen LogP contribution in [0.4, 0.5) is 0 Å². The van der Waals surface area contributed by atoms with Gasteiger partial charge in [-0.1, -0.05) is 0 Å². The average molecular weight is 271 g/mol. The fraction of sp³-hybridized carbons (Fsp3) is 0. The Bertz CT molecular complexity index is 88.2. The van der Waals surface area contributed by atoms with E-state index in [-0.39, 0.29) is 38.3 Å². The summed E-state index contributed by atoms with van der Waals surface area (Å²) in [5.41, 5.74) is 0. The molecule has 0 atom stereocenters. The van der Waals surface area contributed by atoms with Crippen molar-refractivity contribution in [1.29, 1.82) is 0 Å². The summed E-state index contributed by atoms with van der Waals surface area (Å²) in [6.45, 7) is 0. The Hall–Kier alpha value is -0.241. The zero-order chi connectivity index (χ0) is 4.50. The first-order valence-corrected chi connectivity index (χ1v) is 3.63. The molecule has 88 valence electrons. The van der Waals surface area contributed by atoms with Crippen LogP contribution in [0.3, 0.4) is 0 Å². The van der Waals surface area contributed by atoms with Gasteiger partial charge < -0.3 is 38.3 Å². The predicted molar refractivity (Wildman–Crippen MR) is 36.9 cm³/mol. The molecule has 0 spiro atoms. The van der Waals surface area contributed by atoms with Crippen molar-refractivity contribution < 1.29 is 54.4 Å². The average Bonchev–Trinajstić information content (AvgIpc) is 0.722. The Morgan fingerprint density at radius 3 is 0.583 bits per heavy atom. The standard InChI is InChI=1S/H2O4Se.7H2O/c1-5(2,3)4;;;;;;;/h(H2,1,2,3,4);7*1H2. The van der Waals surface area contributed by atoms with Crippen LogP contribution in [0.25, 0.3) is 0 Å². The van der Waals surface area contributed by atoms with Gasteiger partial charge in [0.1, 0.15) is 0 Å². The number of hydrogen-bond donors (Lipinski definition) is 2. The fourth-order valence-electron chi connectivity index (χ4n) is 0. The maximum absolute atomic E-state index is 8.82. The Labute approximate surface area is 68.7 Å². The summed E-state index contributed by atoms with van der Waals surface area (Å²) in [6.07, 6.45) is 0. The molecule has 0 radical (unpaired) electrons. The molecule has 16 N–H and O–H groups in total. The van der Waals surface area contributed by atoms with Crippen molar-refractivity contribution in [2.24, 2.45) is 0 Å². The Morgan fingerprint density at radius 2 is 0.583 bits per heavy atom. The molecule has 0 saturated heterocycles. The van der Waals surface area contributed by atoms with Crippen molar-refractivity contribution in [3.63, 3.8) is 0 Å². The van der Waals surface area contributed by atoms with Gasteiger partial charge in [-0.05, 0) is 0 Å². The van der Waals surface area contributed by atoms with E-state index in [9.17, 15) is 0 Å². The van der Waals surface area contributed by atoms with Gasteiger partial charge in [-0.15, -0.1) is 0 Å². The predicted octanol–water partition coefficient (Wildman–Crippen LogP) is -7.51. The molecule has 11 nitrogen and oxygen atoms in total. The van der Waals surface area contributed by atoms with E-state index in [1.54, 1.807) is 0 Å². The van der Waals surface area contributed by atoms with Crippen LogP contribution in [0.5, 0.6) is 0 Å². The van der Waals surface area contributed by atoms with E-state index in [0.29, 0.717) is 0 Å². The van der Waals surface area contributed by atoms with Gasteiger partial charge in [-0.2, -0.15) is 0 Å². The zero-order valence-corrected chi connectivity index (χ0v) is 7.33. The number of hydrogen-bond acceptors (Lipinski definition) is 2. The van der Waals surface area contributed by atoms with Crippen LogP contribution < -0.4 is 0 Å². The molecule has 0 rings (SSSR count). The van der Waals surface area contributed by atoms with Crippen molar-refractivity contribution in [2.75, 3.05) is 0 Å². The van der Waals surface area contributed by atoms with Gasteiger partial charge in [0.15, 0.2) is 0 Å². The van der Waals surface area contributed by atoms with Crippen molar-refractivity contribution in [1.82, 2.24) is 0 Å². The van der Waals surface area contributed by atoms with Gasteiger partial charge in [-0.25, -0.2) is 0 Å². The van der Waals surface area contributed by atoms with Gasteiger partial charge >= 0.3 is 29.4 Å². The second-order valence-corrected chi connectivity index (χ2v) is 2.33. The Balaban J connectivity index is -0.00000000381. The molecule has 0 amide bonds. The van der Waals surface area contributed by atoms with E-state index in [4.69, 9.17) is 16.0 Å². The molecule has 0 fully saturated rings. The Kier molecular flexibility index (Phi) is 248. The van der Waals surface area contributed by atoms with E-state index in [1.165, 1.54) is 0 Å². The molecule has 0 saturated carbocycles. The minimum atomic E-state index is -5.25. The summed E-state index contributed by atoms with van der Waals surface area (Å²) < 4.78 is 31.9. The molecule has 12 heteroatoms. The van der Waals surface area contributed by atoms with E-state index >= 15 is 0 Å². The zero-order valence-electron chi connectivity index (χ0n) is 5.62. The fourth-order valence-corrected chi connectivity index (χ4v) is 0. The van der Waals surface area contributed by atoms with Crippen LogP contribution in [-0.4, -0.2) is 60.1 Å². The van der Waals surface area contributed by atoms with Crippen LogP contribution in [-0.2, 0) is 7.67 Å². The van der Waals surface area contributed by atoms with Gasteiger partial charge in [0.2, 0.25) is 0 Å². The van der Waals surface area contributed by atoms with Crippen LogP contribution >= 0.6 is 0 Å². The number of rotatable bonds is 0. The van der Waals surface area contributed by atoms with Crippen molar-refractivity contribution in [3.8, 4) is 0 Å². The second kappa shape index (κ2) is 30.9. The minimum absolute atomic E-state index is 0. The third-order valence-corrected chi connectivity index (χ3v) is 0. The van der Waals surface area contributed by atoms with Crippen molar-refractivity contribution in [3.05, 3.63) is 0 Å². The summed E-state index contributed by atoms with van der Waals surface area (Å²) in [7, 11) is 0. The SMILES string of the molecule is O.O.O.O.O.O.O.O=[Se](=O)(O)O. The molecule has 0 unspecified atom stereocenters. The van der Waals surface area contributed by atoms with E-state index < -0.39 is 13.4 Å². The quantitative estimate of drug-likeness (QED) is 0.405. The Morgan fingerprint density at radius 1 is 0.583 bits per heavy atom.